The molecule has 3 heterocycles. The van der Waals surface area contributed by atoms with Gasteiger partial charge in [-0.2, -0.15) is 0 Å². The average molecular weight is 557 g/mol. The van der Waals surface area contributed by atoms with Crippen molar-refractivity contribution in [2.24, 2.45) is 0 Å². The predicted molar refractivity (Wildman–Crippen MR) is 151 cm³/mol. The van der Waals surface area contributed by atoms with Crippen LogP contribution in [0.1, 0.15) is 49.3 Å². The summed E-state index contributed by atoms with van der Waals surface area (Å²) < 4.78 is 11.3. The van der Waals surface area contributed by atoms with Crippen molar-refractivity contribution in [3.8, 4) is 0 Å². The highest BCUT2D eigenvalue weighted by Crippen LogP contribution is 2.40. The number of pyridine rings is 2. The number of rotatable bonds is 12. The summed E-state index contributed by atoms with van der Waals surface area (Å²) in [5.41, 5.74) is 3.87. The summed E-state index contributed by atoms with van der Waals surface area (Å²) in [7, 11) is 0. The van der Waals surface area contributed by atoms with Gasteiger partial charge >= 0.3 is 11.9 Å². The number of hydrogen-bond donors (Lipinski definition) is 1. The second-order valence-electron chi connectivity index (χ2n) is 9.68. The number of nitro benzene ring substituents is 1. The van der Waals surface area contributed by atoms with Gasteiger partial charge in [0.25, 0.3) is 5.69 Å². The Morgan fingerprint density at radius 2 is 1.32 bits per heavy atom. The second kappa shape index (κ2) is 14.0. The topological polar surface area (TPSA) is 134 Å². The number of aryl methyl sites for hydroxylation is 2. The van der Waals surface area contributed by atoms with Gasteiger partial charge < -0.3 is 14.8 Å². The third kappa shape index (κ3) is 7.63. The molecule has 10 heteroatoms. The van der Waals surface area contributed by atoms with E-state index >= 15 is 0 Å². The van der Waals surface area contributed by atoms with Crippen LogP contribution < -0.4 is 5.32 Å². The lowest BCUT2D eigenvalue weighted by Gasteiger charge is -2.30. The molecule has 3 aromatic rings. The Balaban J connectivity index is 1.53. The molecule has 0 fully saturated rings. The average Bonchev–Trinajstić information content (AvgIpc) is 2.98. The Hall–Kier alpha value is -4.86. The first kappa shape index (κ1) is 29.1. The minimum Gasteiger partial charge on any atom is -0.462 e. The maximum Gasteiger partial charge on any atom is 0.336 e. The summed E-state index contributed by atoms with van der Waals surface area (Å²) in [5.74, 6) is -2.11. The number of dihydropyridines is 1. The number of hydrogen-bond acceptors (Lipinski definition) is 9. The van der Waals surface area contributed by atoms with Crippen LogP contribution in [0.5, 0.6) is 0 Å². The van der Waals surface area contributed by atoms with Crippen molar-refractivity contribution in [3.63, 3.8) is 0 Å². The van der Waals surface area contributed by atoms with Crippen LogP contribution in [0, 0.1) is 10.1 Å². The van der Waals surface area contributed by atoms with Gasteiger partial charge in [-0.05, 0) is 80.5 Å². The molecule has 0 saturated heterocycles. The van der Waals surface area contributed by atoms with E-state index in [1.54, 1.807) is 44.7 Å². The first-order valence-electron chi connectivity index (χ1n) is 13.4. The van der Waals surface area contributed by atoms with Crippen molar-refractivity contribution in [1.29, 1.82) is 0 Å². The van der Waals surface area contributed by atoms with Gasteiger partial charge in [-0.1, -0.05) is 12.1 Å². The molecule has 0 bridgehead atoms. The van der Waals surface area contributed by atoms with E-state index in [0.29, 0.717) is 42.6 Å². The van der Waals surface area contributed by atoms with E-state index in [1.165, 1.54) is 18.2 Å². The number of carbonyl (C=O) groups is 2. The summed E-state index contributed by atoms with van der Waals surface area (Å²) in [4.78, 5) is 46.0. The second-order valence-corrected chi connectivity index (χ2v) is 9.68. The highest BCUT2D eigenvalue weighted by molar-refractivity contribution is 6.00. The fourth-order valence-electron chi connectivity index (χ4n) is 4.82. The van der Waals surface area contributed by atoms with Gasteiger partial charge in [0.2, 0.25) is 0 Å². The molecule has 1 aromatic carbocycles. The SMILES string of the molecule is CC1=C(C(=O)OCCCc2ccncc2)C(c2cccc([N+](=O)[O-])c2)C(C(=O)OCCCc2ccncc2)=C(C)N1. The maximum atomic E-state index is 13.5. The predicted octanol–water partition coefficient (Wildman–Crippen LogP) is 4.97. The molecule has 212 valence electrons. The van der Waals surface area contributed by atoms with Crippen molar-refractivity contribution in [2.45, 2.75) is 45.4 Å². The van der Waals surface area contributed by atoms with Gasteiger partial charge in [0, 0.05) is 48.3 Å². The van der Waals surface area contributed by atoms with Crippen LogP contribution in [0.4, 0.5) is 5.69 Å². The van der Waals surface area contributed by atoms with Crippen LogP contribution in [-0.4, -0.2) is 40.0 Å². The molecule has 41 heavy (non-hydrogen) atoms. The molecule has 1 aliphatic heterocycles. The maximum absolute atomic E-state index is 13.5. The van der Waals surface area contributed by atoms with E-state index in [-0.39, 0.29) is 30.0 Å². The first-order chi connectivity index (χ1) is 19.8. The molecule has 0 unspecified atom stereocenters. The summed E-state index contributed by atoms with van der Waals surface area (Å²) >= 11 is 0. The van der Waals surface area contributed by atoms with Crippen molar-refractivity contribution >= 4 is 17.6 Å². The highest BCUT2D eigenvalue weighted by Gasteiger charge is 2.38. The Morgan fingerprint density at radius 3 is 1.78 bits per heavy atom. The summed E-state index contributed by atoms with van der Waals surface area (Å²) in [6.45, 7) is 3.77. The van der Waals surface area contributed by atoms with Crippen molar-refractivity contribution < 1.29 is 24.0 Å². The normalized spacial score (nSPS) is 13.5. The van der Waals surface area contributed by atoms with E-state index < -0.39 is 22.8 Å². The Kier molecular flexibility index (Phi) is 9.93. The van der Waals surface area contributed by atoms with E-state index in [0.717, 1.165) is 11.1 Å². The summed E-state index contributed by atoms with van der Waals surface area (Å²) in [6.07, 6.45) is 9.44. The molecule has 0 saturated carbocycles. The molecular weight excluding hydrogens is 524 g/mol. The van der Waals surface area contributed by atoms with E-state index in [2.05, 4.69) is 15.3 Å². The number of aromatic nitrogens is 2. The number of ether oxygens (including phenoxy) is 2. The molecular formula is C31H32N4O6. The lowest BCUT2D eigenvalue weighted by Crippen LogP contribution is -2.32. The molecule has 10 nitrogen and oxygen atoms in total. The van der Waals surface area contributed by atoms with Gasteiger partial charge in [0.1, 0.15) is 0 Å². The number of carbonyl (C=O) groups excluding carboxylic acids is 2. The standard InChI is InChI=1S/C31H32N4O6/c1-21-27(30(36)40-18-4-6-23-10-14-32-15-11-23)29(25-8-3-9-26(20-25)35(38)39)28(22(2)34-21)31(37)41-19-5-7-24-12-16-33-17-13-24/h3,8-17,20,29,34H,4-7,18-19H2,1-2H3. The number of esters is 2. The van der Waals surface area contributed by atoms with E-state index in [1.807, 2.05) is 24.3 Å². The highest BCUT2D eigenvalue weighted by atomic mass is 16.6. The smallest absolute Gasteiger partial charge is 0.336 e. The number of allylic oxidation sites excluding steroid dienone is 2. The number of non-ortho nitro benzene ring substituents is 1. The number of benzene rings is 1. The molecule has 1 N–H and O–H groups in total. The van der Waals surface area contributed by atoms with Crippen LogP contribution in [-0.2, 0) is 31.9 Å². The molecule has 0 amide bonds. The fraction of sp³-hybridized carbons (Fsp3) is 0.290. The van der Waals surface area contributed by atoms with Crippen LogP contribution in [0.2, 0.25) is 0 Å². The van der Waals surface area contributed by atoms with Gasteiger partial charge in [0.05, 0.1) is 35.2 Å². The first-order valence-corrected chi connectivity index (χ1v) is 13.4. The zero-order valence-electron chi connectivity index (χ0n) is 23.0. The lowest BCUT2D eigenvalue weighted by atomic mass is 9.80. The van der Waals surface area contributed by atoms with Crippen LogP contribution in [0.15, 0.2) is 95.9 Å². The summed E-state index contributed by atoms with van der Waals surface area (Å²) in [5, 5.41) is 14.7. The summed E-state index contributed by atoms with van der Waals surface area (Å²) in [6, 6.07) is 13.6. The van der Waals surface area contributed by atoms with Crippen molar-refractivity contribution in [2.75, 3.05) is 13.2 Å². The van der Waals surface area contributed by atoms with Crippen molar-refractivity contribution in [1.82, 2.24) is 15.3 Å². The molecule has 0 atom stereocenters. The minimum absolute atomic E-state index is 0.147. The van der Waals surface area contributed by atoms with Gasteiger partial charge in [-0.25, -0.2) is 9.59 Å². The van der Waals surface area contributed by atoms with Crippen LogP contribution in [0.25, 0.3) is 0 Å². The quantitative estimate of drug-likeness (QED) is 0.142. The van der Waals surface area contributed by atoms with Gasteiger partial charge in [-0.3, -0.25) is 20.1 Å². The third-order valence-electron chi connectivity index (χ3n) is 6.80. The molecule has 2 aromatic heterocycles. The van der Waals surface area contributed by atoms with Gasteiger partial charge in [-0.15, -0.1) is 0 Å². The monoisotopic (exact) mass is 556 g/mol. The number of nitrogens with zero attached hydrogens (tertiary/aromatic N) is 3. The van der Waals surface area contributed by atoms with E-state index in [4.69, 9.17) is 9.47 Å². The molecule has 0 radical (unpaired) electrons. The van der Waals surface area contributed by atoms with Crippen molar-refractivity contribution in [3.05, 3.63) is 123 Å². The van der Waals surface area contributed by atoms with Gasteiger partial charge in [0.15, 0.2) is 0 Å². The Morgan fingerprint density at radius 1 is 0.829 bits per heavy atom. The number of nitrogens with one attached hydrogen (secondary N) is 1. The Bertz CT molecular complexity index is 1370. The van der Waals surface area contributed by atoms with Crippen LogP contribution >= 0.6 is 0 Å². The third-order valence-corrected chi connectivity index (χ3v) is 6.80. The lowest BCUT2D eigenvalue weighted by molar-refractivity contribution is -0.384. The molecule has 4 rings (SSSR count). The molecule has 0 spiro atoms. The van der Waals surface area contributed by atoms with Crippen LogP contribution in [0.3, 0.4) is 0 Å². The fourth-order valence-corrected chi connectivity index (χ4v) is 4.82. The number of nitro groups is 1. The molecule has 0 aliphatic carbocycles. The zero-order chi connectivity index (χ0) is 29.2. The largest absolute Gasteiger partial charge is 0.462 e. The minimum atomic E-state index is -0.906. The molecule has 1 aliphatic rings. The van der Waals surface area contributed by atoms with E-state index in [9.17, 15) is 19.7 Å². The zero-order valence-corrected chi connectivity index (χ0v) is 23.0. The Labute approximate surface area is 238 Å².